The molecule has 0 bridgehead atoms. The highest BCUT2D eigenvalue weighted by molar-refractivity contribution is 7.99. The fourth-order valence-electron chi connectivity index (χ4n) is 2.31. The summed E-state index contributed by atoms with van der Waals surface area (Å²) in [4.78, 5) is 11.7. The first-order valence-electron chi connectivity index (χ1n) is 6.25. The van der Waals surface area contributed by atoms with E-state index in [1.807, 2.05) is 11.8 Å². The highest BCUT2D eigenvalue weighted by Crippen LogP contribution is 2.30. The summed E-state index contributed by atoms with van der Waals surface area (Å²) in [5.74, 6) is 3.08. The smallest absolute Gasteiger partial charge is 0.220 e. The third kappa shape index (κ3) is 3.39. The fraction of sp³-hybridized carbons (Fsp3) is 0.917. The Kier molecular flexibility index (Phi) is 4.14. The molecule has 2 aliphatic rings. The number of amides is 1. The molecule has 0 aromatic rings. The number of hydrogen-bond donors (Lipinski definition) is 2. The lowest BCUT2D eigenvalue weighted by Crippen LogP contribution is -2.48. The predicted molar refractivity (Wildman–Crippen MR) is 66.5 cm³/mol. The second kappa shape index (κ2) is 5.41. The van der Waals surface area contributed by atoms with Crippen LogP contribution < -0.4 is 5.32 Å². The molecule has 2 fully saturated rings. The molecule has 0 unspecified atom stereocenters. The van der Waals surface area contributed by atoms with Gasteiger partial charge in [-0.05, 0) is 49.5 Å². The largest absolute Gasteiger partial charge is 0.388 e. The summed E-state index contributed by atoms with van der Waals surface area (Å²) in [6, 6.07) is 0. The van der Waals surface area contributed by atoms with Gasteiger partial charge in [-0.1, -0.05) is 0 Å². The highest BCUT2D eigenvalue weighted by Gasteiger charge is 2.34. The number of carbonyl (C=O) groups excluding carboxylic acids is 1. The van der Waals surface area contributed by atoms with Gasteiger partial charge in [-0.25, -0.2) is 0 Å². The van der Waals surface area contributed by atoms with Crippen molar-refractivity contribution in [3.8, 4) is 0 Å². The van der Waals surface area contributed by atoms with Crippen molar-refractivity contribution in [3.05, 3.63) is 0 Å². The fourth-order valence-corrected chi connectivity index (χ4v) is 3.51. The second-order valence-electron chi connectivity index (χ2n) is 5.11. The van der Waals surface area contributed by atoms with Crippen LogP contribution in [-0.4, -0.2) is 34.7 Å². The Hall–Kier alpha value is -0.220. The summed E-state index contributed by atoms with van der Waals surface area (Å²) in [5, 5.41) is 12.7. The zero-order valence-corrected chi connectivity index (χ0v) is 10.5. The minimum Gasteiger partial charge on any atom is -0.388 e. The Bertz CT molecular complexity index is 247. The van der Waals surface area contributed by atoms with Crippen LogP contribution in [0.25, 0.3) is 0 Å². The van der Waals surface area contributed by atoms with Gasteiger partial charge in [-0.2, -0.15) is 11.8 Å². The number of hydrogen-bond acceptors (Lipinski definition) is 3. The van der Waals surface area contributed by atoms with Crippen LogP contribution in [0.15, 0.2) is 0 Å². The first-order chi connectivity index (χ1) is 7.68. The molecular formula is C12H21NO2S. The van der Waals surface area contributed by atoms with E-state index in [-0.39, 0.29) is 5.91 Å². The topological polar surface area (TPSA) is 49.3 Å². The second-order valence-corrected chi connectivity index (χ2v) is 6.34. The number of rotatable bonds is 4. The Morgan fingerprint density at radius 1 is 1.38 bits per heavy atom. The lowest BCUT2D eigenvalue weighted by atomic mass is 9.80. The van der Waals surface area contributed by atoms with Crippen LogP contribution in [-0.2, 0) is 4.79 Å². The summed E-state index contributed by atoms with van der Waals surface area (Å²) >= 11 is 1.98. The maximum atomic E-state index is 11.7. The van der Waals surface area contributed by atoms with Gasteiger partial charge in [-0.3, -0.25) is 4.79 Å². The van der Waals surface area contributed by atoms with Gasteiger partial charge < -0.3 is 10.4 Å². The van der Waals surface area contributed by atoms with E-state index in [1.165, 1.54) is 24.3 Å². The molecule has 0 aromatic heterocycles. The number of aliphatic hydroxyl groups is 1. The molecule has 16 heavy (non-hydrogen) atoms. The van der Waals surface area contributed by atoms with E-state index < -0.39 is 5.60 Å². The number of nitrogens with one attached hydrogen (secondary N) is 1. The minimum absolute atomic E-state index is 0.122. The van der Waals surface area contributed by atoms with Crippen molar-refractivity contribution in [3.63, 3.8) is 0 Å². The average molecular weight is 243 g/mol. The molecule has 1 aliphatic carbocycles. The van der Waals surface area contributed by atoms with Crippen LogP contribution in [0, 0.1) is 5.92 Å². The molecule has 1 saturated carbocycles. The van der Waals surface area contributed by atoms with Crippen LogP contribution in [0.5, 0.6) is 0 Å². The van der Waals surface area contributed by atoms with Gasteiger partial charge in [-0.15, -0.1) is 0 Å². The van der Waals surface area contributed by atoms with Crippen molar-refractivity contribution in [1.82, 2.24) is 5.32 Å². The van der Waals surface area contributed by atoms with Gasteiger partial charge in [0.15, 0.2) is 0 Å². The molecule has 2 rings (SSSR count). The molecule has 0 atom stereocenters. The molecule has 1 aliphatic heterocycles. The normalized spacial score (nSPS) is 24.8. The maximum absolute atomic E-state index is 11.7. The van der Waals surface area contributed by atoms with E-state index in [2.05, 4.69) is 5.32 Å². The van der Waals surface area contributed by atoms with Gasteiger partial charge in [0.05, 0.1) is 5.60 Å². The van der Waals surface area contributed by atoms with Crippen molar-refractivity contribution < 1.29 is 9.90 Å². The van der Waals surface area contributed by atoms with Crippen molar-refractivity contribution in [2.45, 2.75) is 44.1 Å². The molecule has 92 valence electrons. The lowest BCUT2D eigenvalue weighted by molar-refractivity contribution is -0.124. The zero-order chi connectivity index (χ0) is 11.4. The molecule has 1 amide bonds. The molecule has 1 saturated heterocycles. The Morgan fingerprint density at radius 2 is 2.06 bits per heavy atom. The molecule has 3 nitrogen and oxygen atoms in total. The molecule has 4 heteroatoms. The first kappa shape index (κ1) is 12.2. The Morgan fingerprint density at radius 3 is 2.62 bits per heavy atom. The van der Waals surface area contributed by atoms with Crippen LogP contribution in [0.3, 0.4) is 0 Å². The van der Waals surface area contributed by atoms with Gasteiger partial charge >= 0.3 is 0 Å². The average Bonchev–Trinajstić information content (AvgIpc) is 2.25. The van der Waals surface area contributed by atoms with Crippen LogP contribution in [0.1, 0.15) is 38.5 Å². The van der Waals surface area contributed by atoms with E-state index in [1.54, 1.807) is 0 Å². The van der Waals surface area contributed by atoms with E-state index >= 15 is 0 Å². The van der Waals surface area contributed by atoms with E-state index in [0.29, 0.717) is 18.9 Å². The van der Waals surface area contributed by atoms with Gasteiger partial charge in [0.1, 0.15) is 0 Å². The molecule has 0 spiro atoms. The zero-order valence-electron chi connectivity index (χ0n) is 9.71. The molecule has 0 aromatic carbocycles. The highest BCUT2D eigenvalue weighted by atomic mass is 32.2. The molecule has 2 N–H and O–H groups in total. The van der Waals surface area contributed by atoms with Crippen molar-refractivity contribution >= 4 is 17.7 Å². The molecule has 0 radical (unpaired) electrons. The van der Waals surface area contributed by atoms with Gasteiger partial charge in [0.2, 0.25) is 5.91 Å². The van der Waals surface area contributed by atoms with E-state index in [4.69, 9.17) is 0 Å². The Balaban J connectivity index is 1.63. The van der Waals surface area contributed by atoms with Gasteiger partial charge in [0.25, 0.3) is 0 Å². The lowest BCUT2D eigenvalue weighted by Gasteiger charge is -2.36. The summed E-state index contributed by atoms with van der Waals surface area (Å²) < 4.78 is 0. The number of carbonyl (C=O) groups is 1. The SMILES string of the molecule is O=C(CC1CCSCC1)NCC1(O)CCC1. The molecule has 1 heterocycles. The van der Waals surface area contributed by atoms with Crippen molar-refractivity contribution in [2.24, 2.45) is 5.92 Å². The van der Waals surface area contributed by atoms with E-state index in [0.717, 1.165) is 19.3 Å². The van der Waals surface area contributed by atoms with Crippen LogP contribution in [0.4, 0.5) is 0 Å². The Labute approximate surface area is 101 Å². The quantitative estimate of drug-likeness (QED) is 0.787. The molecular weight excluding hydrogens is 222 g/mol. The third-order valence-corrected chi connectivity index (χ3v) is 4.76. The van der Waals surface area contributed by atoms with Crippen molar-refractivity contribution in [2.75, 3.05) is 18.1 Å². The summed E-state index contributed by atoms with van der Waals surface area (Å²) in [7, 11) is 0. The first-order valence-corrected chi connectivity index (χ1v) is 7.40. The predicted octanol–water partition coefficient (Wildman–Crippen LogP) is 1.55. The summed E-state index contributed by atoms with van der Waals surface area (Å²) in [6.45, 7) is 0.452. The van der Waals surface area contributed by atoms with Crippen LogP contribution >= 0.6 is 11.8 Å². The van der Waals surface area contributed by atoms with Crippen molar-refractivity contribution in [1.29, 1.82) is 0 Å². The third-order valence-electron chi connectivity index (χ3n) is 3.71. The van der Waals surface area contributed by atoms with Crippen LogP contribution in [0.2, 0.25) is 0 Å². The maximum Gasteiger partial charge on any atom is 0.220 e. The van der Waals surface area contributed by atoms with E-state index in [9.17, 15) is 9.90 Å². The summed E-state index contributed by atoms with van der Waals surface area (Å²) in [6.07, 6.45) is 5.76. The number of thioether (sulfide) groups is 1. The minimum atomic E-state index is -0.585. The summed E-state index contributed by atoms with van der Waals surface area (Å²) in [5.41, 5.74) is -0.585. The van der Waals surface area contributed by atoms with Gasteiger partial charge in [0, 0.05) is 13.0 Å². The standard InChI is InChI=1S/C12H21NO2S/c14-11(8-10-2-6-16-7-3-10)13-9-12(15)4-1-5-12/h10,15H,1-9H2,(H,13,14). The monoisotopic (exact) mass is 243 g/mol.